The number of halogens is 2. The van der Waals surface area contributed by atoms with E-state index in [1.807, 2.05) is 36.4 Å². The number of nitrogens with zero attached hydrogens (tertiary/aromatic N) is 1. The second-order valence-corrected chi connectivity index (χ2v) is 8.10. The van der Waals surface area contributed by atoms with Crippen LogP contribution in [0.4, 0.5) is 0 Å². The van der Waals surface area contributed by atoms with E-state index in [2.05, 4.69) is 15.6 Å². The van der Waals surface area contributed by atoms with Crippen LogP contribution in [0.25, 0.3) is 0 Å². The van der Waals surface area contributed by atoms with Crippen molar-refractivity contribution < 1.29 is 8.42 Å². The molecule has 0 unspecified atom stereocenters. The fourth-order valence-corrected chi connectivity index (χ4v) is 2.99. The highest BCUT2D eigenvalue weighted by Gasteiger charge is 2.06. The molecule has 0 heterocycles. The Morgan fingerprint density at radius 1 is 1.00 bits per heavy atom. The summed E-state index contributed by atoms with van der Waals surface area (Å²) >= 11 is 5.87. The molecule has 0 saturated heterocycles. The molecule has 2 aromatic carbocycles. The summed E-state index contributed by atoms with van der Waals surface area (Å²) in [6, 6.07) is 14.6. The van der Waals surface area contributed by atoms with Gasteiger partial charge in [-0.1, -0.05) is 35.9 Å². The van der Waals surface area contributed by atoms with Gasteiger partial charge in [-0.25, -0.2) is 8.42 Å². The van der Waals surface area contributed by atoms with E-state index >= 15 is 0 Å². The van der Waals surface area contributed by atoms with Crippen molar-refractivity contribution in [1.29, 1.82) is 0 Å². The molecule has 0 spiro atoms. The molecule has 8 heteroatoms. The van der Waals surface area contributed by atoms with Gasteiger partial charge in [-0.2, -0.15) is 0 Å². The summed E-state index contributed by atoms with van der Waals surface area (Å²) in [7, 11) is -1.43. The number of guanidine groups is 1. The van der Waals surface area contributed by atoms with Crippen LogP contribution in [0.1, 0.15) is 11.1 Å². The second kappa shape index (κ2) is 10.7. The number of aliphatic imine (C=N–C) groups is 1. The number of benzene rings is 2. The molecular formula is C18H23ClIN3O2S. The summed E-state index contributed by atoms with van der Waals surface area (Å²) in [5.41, 5.74) is 2.18. The van der Waals surface area contributed by atoms with Gasteiger partial charge in [-0.15, -0.1) is 24.0 Å². The largest absolute Gasteiger partial charge is 0.356 e. The van der Waals surface area contributed by atoms with Crippen molar-refractivity contribution in [3.05, 3.63) is 64.7 Å². The number of sulfone groups is 1. The Morgan fingerprint density at radius 3 is 2.12 bits per heavy atom. The van der Waals surface area contributed by atoms with Gasteiger partial charge >= 0.3 is 0 Å². The Hall–Kier alpha value is -1.32. The van der Waals surface area contributed by atoms with Crippen molar-refractivity contribution in [3.8, 4) is 0 Å². The van der Waals surface area contributed by atoms with E-state index in [4.69, 9.17) is 11.6 Å². The van der Waals surface area contributed by atoms with E-state index in [1.54, 1.807) is 19.2 Å². The van der Waals surface area contributed by atoms with Crippen LogP contribution in [0, 0.1) is 0 Å². The summed E-state index contributed by atoms with van der Waals surface area (Å²) in [5, 5.41) is 7.19. The predicted molar refractivity (Wildman–Crippen MR) is 118 cm³/mol. The molecule has 2 aromatic rings. The molecule has 142 valence electrons. The summed E-state index contributed by atoms with van der Waals surface area (Å²) in [5.74, 6) is 0.711. The summed E-state index contributed by atoms with van der Waals surface area (Å²) in [6.45, 7) is 1.35. The van der Waals surface area contributed by atoms with Crippen LogP contribution in [0.2, 0.25) is 5.02 Å². The van der Waals surface area contributed by atoms with Crippen molar-refractivity contribution in [2.45, 2.75) is 17.9 Å². The van der Waals surface area contributed by atoms with Crippen molar-refractivity contribution in [3.63, 3.8) is 0 Å². The molecule has 0 radical (unpaired) electrons. The average Bonchev–Trinajstić information content (AvgIpc) is 2.59. The molecular weight excluding hydrogens is 485 g/mol. The van der Waals surface area contributed by atoms with E-state index in [0.29, 0.717) is 29.0 Å². The molecule has 0 amide bonds. The van der Waals surface area contributed by atoms with Crippen LogP contribution >= 0.6 is 35.6 Å². The standard InChI is InChI=1S/C18H22ClN3O2S.HI/c1-20-18(22-13-15-3-7-16(19)8-4-15)21-12-11-14-5-9-17(10-6-14)25(2,23)24;/h3-10H,11-13H2,1-2H3,(H2,20,21,22);1H. The van der Waals surface area contributed by atoms with E-state index in [9.17, 15) is 8.42 Å². The molecule has 0 aliphatic rings. The second-order valence-electron chi connectivity index (χ2n) is 5.65. The van der Waals surface area contributed by atoms with Crippen molar-refractivity contribution in [2.75, 3.05) is 19.8 Å². The molecule has 0 bridgehead atoms. The van der Waals surface area contributed by atoms with Crippen LogP contribution in [-0.4, -0.2) is 34.2 Å². The van der Waals surface area contributed by atoms with Gasteiger partial charge in [-0.05, 0) is 41.8 Å². The van der Waals surface area contributed by atoms with Crippen LogP contribution in [0.3, 0.4) is 0 Å². The maximum Gasteiger partial charge on any atom is 0.191 e. The first-order valence-electron chi connectivity index (χ1n) is 7.86. The smallest absolute Gasteiger partial charge is 0.191 e. The monoisotopic (exact) mass is 507 g/mol. The Balaban J connectivity index is 0.00000338. The molecule has 0 aliphatic heterocycles. The van der Waals surface area contributed by atoms with Crippen molar-refractivity contribution >= 4 is 51.4 Å². The zero-order chi connectivity index (χ0) is 18.3. The van der Waals surface area contributed by atoms with Crippen LogP contribution < -0.4 is 10.6 Å². The minimum Gasteiger partial charge on any atom is -0.356 e. The van der Waals surface area contributed by atoms with Crippen LogP contribution in [-0.2, 0) is 22.8 Å². The number of nitrogens with one attached hydrogen (secondary N) is 2. The highest BCUT2D eigenvalue weighted by atomic mass is 127. The first kappa shape index (κ1) is 22.7. The van der Waals surface area contributed by atoms with Gasteiger partial charge in [0.05, 0.1) is 4.90 Å². The van der Waals surface area contributed by atoms with Crippen LogP contribution in [0.5, 0.6) is 0 Å². The topological polar surface area (TPSA) is 70.6 Å². The SMILES string of the molecule is CN=C(NCCc1ccc(S(C)(=O)=O)cc1)NCc1ccc(Cl)cc1.I. The van der Waals surface area contributed by atoms with Gasteiger partial charge in [0, 0.05) is 31.4 Å². The minimum absolute atomic E-state index is 0. The normalized spacial score (nSPS) is 11.6. The van der Waals surface area contributed by atoms with Gasteiger partial charge in [0.2, 0.25) is 0 Å². The average molecular weight is 508 g/mol. The fourth-order valence-electron chi connectivity index (χ4n) is 2.24. The molecule has 2 N–H and O–H groups in total. The lowest BCUT2D eigenvalue weighted by Crippen LogP contribution is -2.37. The van der Waals surface area contributed by atoms with E-state index in [-0.39, 0.29) is 24.0 Å². The Kier molecular flexibility index (Phi) is 9.38. The first-order chi connectivity index (χ1) is 11.9. The Labute approximate surface area is 177 Å². The van der Waals surface area contributed by atoms with E-state index in [0.717, 1.165) is 17.5 Å². The zero-order valence-corrected chi connectivity index (χ0v) is 18.6. The quantitative estimate of drug-likeness (QED) is 0.358. The van der Waals surface area contributed by atoms with Crippen LogP contribution in [0.15, 0.2) is 58.4 Å². The first-order valence-corrected chi connectivity index (χ1v) is 10.1. The fraction of sp³-hybridized carbons (Fsp3) is 0.278. The van der Waals surface area contributed by atoms with Crippen molar-refractivity contribution in [2.24, 2.45) is 4.99 Å². The van der Waals surface area contributed by atoms with Gasteiger partial charge in [0.1, 0.15) is 0 Å². The summed E-state index contributed by atoms with van der Waals surface area (Å²) in [6.07, 6.45) is 1.98. The minimum atomic E-state index is -3.15. The molecule has 26 heavy (non-hydrogen) atoms. The Morgan fingerprint density at radius 2 is 1.58 bits per heavy atom. The lowest BCUT2D eigenvalue weighted by Gasteiger charge is -2.12. The number of hydrogen-bond donors (Lipinski definition) is 2. The van der Waals surface area contributed by atoms with Gasteiger partial charge in [-0.3, -0.25) is 4.99 Å². The molecule has 0 atom stereocenters. The van der Waals surface area contributed by atoms with Crippen molar-refractivity contribution in [1.82, 2.24) is 10.6 Å². The number of hydrogen-bond acceptors (Lipinski definition) is 3. The molecule has 0 aromatic heterocycles. The lowest BCUT2D eigenvalue weighted by molar-refractivity contribution is 0.602. The third kappa shape index (κ3) is 7.51. The summed E-state index contributed by atoms with van der Waals surface area (Å²) in [4.78, 5) is 4.52. The molecule has 2 rings (SSSR count). The zero-order valence-electron chi connectivity index (χ0n) is 14.7. The van der Waals surface area contributed by atoms with E-state index < -0.39 is 9.84 Å². The highest BCUT2D eigenvalue weighted by Crippen LogP contribution is 2.11. The van der Waals surface area contributed by atoms with Gasteiger partial charge in [0.15, 0.2) is 15.8 Å². The predicted octanol–water partition coefficient (Wildman–Crippen LogP) is 3.27. The maximum absolute atomic E-state index is 11.5. The van der Waals surface area contributed by atoms with E-state index in [1.165, 1.54) is 6.26 Å². The molecule has 0 fully saturated rings. The third-order valence-electron chi connectivity index (χ3n) is 3.65. The molecule has 0 saturated carbocycles. The highest BCUT2D eigenvalue weighted by molar-refractivity contribution is 14.0. The lowest BCUT2D eigenvalue weighted by atomic mass is 10.1. The van der Waals surface area contributed by atoms with Gasteiger partial charge < -0.3 is 10.6 Å². The van der Waals surface area contributed by atoms with Gasteiger partial charge in [0.25, 0.3) is 0 Å². The Bertz CT molecular complexity index is 823. The third-order valence-corrected chi connectivity index (χ3v) is 5.03. The summed E-state index contributed by atoms with van der Waals surface area (Å²) < 4.78 is 22.9. The maximum atomic E-state index is 11.5. The molecule has 5 nitrogen and oxygen atoms in total. The number of rotatable bonds is 6. The molecule has 0 aliphatic carbocycles.